The van der Waals surface area contributed by atoms with Crippen LogP contribution in [-0.4, -0.2) is 78.3 Å². The molecule has 35 heavy (non-hydrogen) atoms. The van der Waals surface area contributed by atoms with Gasteiger partial charge in [0.05, 0.1) is 19.8 Å². The minimum Gasteiger partial charge on any atom is -0.496 e. The van der Waals surface area contributed by atoms with Gasteiger partial charge in [-0.25, -0.2) is 4.98 Å². The molecule has 1 saturated carbocycles. The lowest BCUT2D eigenvalue weighted by Crippen LogP contribution is -2.50. The number of amides is 1. The number of fused-ring (bicyclic) bond motifs is 1. The number of hydrogen-bond acceptors (Lipinski definition) is 6. The summed E-state index contributed by atoms with van der Waals surface area (Å²) < 4.78 is 12.0. The molecule has 0 bridgehead atoms. The molecule has 1 fully saturated rings. The molecule has 1 aliphatic heterocycles. The zero-order valence-corrected chi connectivity index (χ0v) is 21.4. The fraction of sp³-hybridized carbons (Fsp3) is 0.571. The number of methoxy groups -OCH3 is 1. The molecule has 7 nitrogen and oxygen atoms in total. The number of carbonyl (C=O) groups excluding carboxylic acids is 1. The average molecular weight is 482 g/mol. The van der Waals surface area contributed by atoms with Crippen LogP contribution in [0, 0.1) is 11.8 Å². The van der Waals surface area contributed by atoms with Gasteiger partial charge in [-0.05, 0) is 44.9 Å². The quantitative estimate of drug-likeness (QED) is 0.612. The minimum atomic E-state index is -0.303. The molecule has 7 heteroatoms. The Hall–Kier alpha value is -2.64. The molecule has 190 valence electrons. The molecule has 3 atom stereocenters. The number of para-hydroxylation sites is 1. The van der Waals surface area contributed by atoms with Gasteiger partial charge in [-0.2, -0.15) is 0 Å². The molecule has 1 aromatic heterocycles. The summed E-state index contributed by atoms with van der Waals surface area (Å²) in [5.41, 5.74) is 2.07. The van der Waals surface area contributed by atoms with Crippen molar-refractivity contribution in [1.29, 1.82) is 0 Å². The second-order valence-corrected chi connectivity index (χ2v) is 10.3. The van der Waals surface area contributed by atoms with Crippen LogP contribution in [0.2, 0.25) is 0 Å². The molecule has 0 radical (unpaired) electrons. The molecule has 1 aromatic carbocycles. The van der Waals surface area contributed by atoms with E-state index in [4.69, 9.17) is 9.47 Å². The third-order valence-electron chi connectivity index (χ3n) is 7.48. The van der Waals surface area contributed by atoms with Gasteiger partial charge in [-0.15, -0.1) is 0 Å². The molecule has 0 unspecified atom stereocenters. The monoisotopic (exact) mass is 481 g/mol. The molecular weight excluding hydrogens is 442 g/mol. The predicted octanol–water partition coefficient (Wildman–Crippen LogP) is 4.10. The van der Waals surface area contributed by atoms with Gasteiger partial charge in [0.1, 0.15) is 17.4 Å². The average Bonchev–Trinajstić information content (AvgIpc) is 3.38. The Morgan fingerprint density at radius 1 is 1.23 bits per heavy atom. The van der Waals surface area contributed by atoms with Gasteiger partial charge in [0.25, 0.3) is 5.91 Å². The number of aliphatic hydroxyl groups excluding tert-OH is 1. The zero-order chi connectivity index (χ0) is 24.9. The lowest BCUT2D eigenvalue weighted by Gasteiger charge is -2.38. The first-order valence-electron chi connectivity index (χ1n) is 12.8. The highest BCUT2D eigenvalue weighted by Gasteiger charge is 2.34. The van der Waals surface area contributed by atoms with E-state index in [1.54, 1.807) is 18.2 Å². The van der Waals surface area contributed by atoms with Crippen molar-refractivity contribution < 1.29 is 19.4 Å². The zero-order valence-electron chi connectivity index (χ0n) is 21.4. The summed E-state index contributed by atoms with van der Waals surface area (Å²) in [4.78, 5) is 22.4. The van der Waals surface area contributed by atoms with Gasteiger partial charge in [0.2, 0.25) is 5.88 Å². The van der Waals surface area contributed by atoms with Gasteiger partial charge in [-0.3, -0.25) is 4.79 Å². The van der Waals surface area contributed by atoms with E-state index >= 15 is 0 Å². The Balaban J connectivity index is 1.67. The van der Waals surface area contributed by atoms with E-state index in [1.807, 2.05) is 37.3 Å². The maximum atomic E-state index is 13.7. The molecule has 4 rings (SSSR count). The lowest BCUT2D eigenvalue weighted by molar-refractivity contribution is 0.0320. The van der Waals surface area contributed by atoms with Gasteiger partial charge >= 0.3 is 0 Å². The molecule has 1 amide bonds. The summed E-state index contributed by atoms with van der Waals surface area (Å²) in [5.74, 6) is 1.74. The van der Waals surface area contributed by atoms with Crippen LogP contribution in [0.1, 0.15) is 49.9 Å². The topological polar surface area (TPSA) is 75.1 Å². The normalized spacial score (nSPS) is 21.9. The smallest absolute Gasteiger partial charge is 0.259 e. The van der Waals surface area contributed by atoms with Crippen LogP contribution >= 0.6 is 0 Å². The Labute approximate surface area is 209 Å². The number of ether oxygens (including phenoxy) is 2. The van der Waals surface area contributed by atoms with Crippen LogP contribution in [0.15, 0.2) is 36.5 Å². The summed E-state index contributed by atoms with van der Waals surface area (Å²) in [5, 5.41) is 9.91. The molecule has 1 N–H and O–H groups in total. The molecular formula is C28H39N3O4. The first kappa shape index (κ1) is 25.5. The predicted molar refractivity (Wildman–Crippen MR) is 137 cm³/mol. The van der Waals surface area contributed by atoms with E-state index in [0.29, 0.717) is 23.7 Å². The third kappa shape index (κ3) is 5.78. The first-order valence-corrected chi connectivity index (χ1v) is 12.8. The highest BCUT2D eigenvalue weighted by molar-refractivity contribution is 5.98. The van der Waals surface area contributed by atoms with Crippen molar-refractivity contribution in [3.63, 3.8) is 0 Å². The summed E-state index contributed by atoms with van der Waals surface area (Å²) >= 11 is 0. The fourth-order valence-electron chi connectivity index (χ4n) is 5.37. The van der Waals surface area contributed by atoms with E-state index in [9.17, 15) is 9.90 Å². The summed E-state index contributed by atoms with van der Waals surface area (Å²) in [6, 6.07) is 9.23. The van der Waals surface area contributed by atoms with E-state index in [-0.39, 0.29) is 30.6 Å². The van der Waals surface area contributed by atoms with Crippen LogP contribution in [0.5, 0.6) is 11.6 Å². The van der Waals surface area contributed by atoms with Crippen molar-refractivity contribution in [2.24, 2.45) is 11.8 Å². The number of carbonyl (C=O) groups is 1. The van der Waals surface area contributed by atoms with Crippen LogP contribution in [0.25, 0.3) is 11.1 Å². The number of benzene rings is 1. The second-order valence-electron chi connectivity index (χ2n) is 10.3. The van der Waals surface area contributed by atoms with Crippen molar-refractivity contribution in [2.45, 2.75) is 51.7 Å². The van der Waals surface area contributed by atoms with Crippen LogP contribution in [0.4, 0.5) is 0 Å². The van der Waals surface area contributed by atoms with Crippen LogP contribution in [0.3, 0.4) is 0 Å². The molecule has 2 heterocycles. The Morgan fingerprint density at radius 3 is 2.69 bits per heavy atom. The van der Waals surface area contributed by atoms with E-state index < -0.39 is 0 Å². The number of aliphatic hydroxyl groups is 1. The Bertz CT molecular complexity index is 1010. The van der Waals surface area contributed by atoms with Crippen molar-refractivity contribution in [1.82, 2.24) is 14.8 Å². The van der Waals surface area contributed by atoms with E-state index in [0.717, 1.165) is 30.1 Å². The number of hydrogen-bond donors (Lipinski definition) is 1. The lowest BCUT2D eigenvalue weighted by atomic mass is 9.98. The number of rotatable bonds is 8. The second kappa shape index (κ2) is 11.4. The number of nitrogens with zero attached hydrogens (tertiary/aromatic N) is 3. The van der Waals surface area contributed by atoms with Gasteiger partial charge in [0.15, 0.2) is 0 Å². The third-order valence-corrected chi connectivity index (χ3v) is 7.48. The number of likely N-dealkylation sites (N-methyl/N-ethyl adjacent to an activating group) is 1. The molecule has 2 aromatic rings. The van der Waals surface area contributed by atoms with E-state index in [1.165, 1.54) is 25.7 Å². The summed E-state index contributed by atoms with van der Waals surface area (Å²) in [6.07, 6.45) is 6.89. The Morgan fingerprint density at radius 2 is 1.97 bits per heavy atom. The van der Waals surface area contributed by atoms with E-state index in [2.05, 4.69) is 23.9 Å². The molecule has 0 saturated heterocycles. The van der Waals surface area contributed by atoms with Crippen LogP contribution in [-0.2, 0) is 0 Å². The van der Waals surface area contributed by atoms with Crippen molar-refractivity contribution in [2.75, 3.05) is 40.4 Å². The molecule has 1 aliphatic carbocycles. The standard InChI is InChI=1S/C28H39N3O4/c1-19-15-31(20(2)18-32)28(33)24-13-22(23-11-7-8-12-25(23)34-4)14-29-27(24)35-26(19)17-30(3)16-21-9-5-6-10-21/h7-8,11-14,19-21,26,32H,5-6,9-10,15-18H2,1-4H3/t19-,20+,26+/m0/s1. The van der Waals surface area contributed by atoms with Gasteiger partial charge in [0, 0.05) is 42.9 Å². The highest BCUT2D eigenvalue weighted by atomic mass is 16.5. The van der Waals surface area contributed by atoms with Gasteiger partial charge in [-0.1, -0.05) is 38.0 Å². The van der Waals surface area contributed by atoms with Crippen molar-refractivity contribution in [3.8, 4) is 22.8 Å². The van der Waals surface area contributed by atoms with Crippen molar-refractivity contribution in [3.05, 3.63) is 42.1 Å². The maximum Gasteiger partial charge on any atom is 0.259 e. The summed E-state index contributed by atoms with van der Waals surface area (Å²) in [7, 11) is 3.79. The fourth-order valence-corrected chi connectivity index (χ4v) is 5.37. The highest BCUT2D eigenvalue weighted by Crippen LogP contribution is 2.34. The van der Waals surface area contributed by atoms with Crippen molar-refractivity contribution >= 4 is 5.91 Å². The SMILES string of the molecule is COc1ccccc1-c1cnc2c(c1)C(=O)N([C@H](C)CO)C[C@H](C)[C@@H](CN(C)CC1CCCC1)O2. The van der Waals surface area contributed by atoms with Gasteiger partial charge < -0.3 is 24.4 Å². The Kier molecular flexibility index (Phi) is 8.29. The van der Waals surface area contributed by atoms with Crippen LogP contribution < -0.4 is 9.47 Å². The molecule has 0 spiro atoms. The number of aromatic nitrogens is 1. The maximum absolute atomic E-state index is 13.7. The summed E-state index contributed by atoms with van der Waals surface area (Å²) in [6.45, 7) is 6.25. The first-order chi connectivity index (χ1) is 16.9. The number of pyridine rings is 1. The minimum absolute atomic E-state index is 0.0859. The molecule has 2 aliphatic rings. The largest absolute Gasteiger partial charge is 0.496 e.